The lowest BCUT2D eigenvalue weighted by atomic mass is 9.92. The molecular weight excluding hydrogens is 394 g/mol. The van der Waals surface area contributed by atoms with Crippen LogP contribution in [0, 0.1) is 5.92 Å². The Kier molecular flexibility index (Phi) is 6.25. The van der Waals surface area contributed by atoms with Crippen molar-refractivity contribution in [3.63, 3.8) is 0 Å². The largest absolute Gasteiger partial charge is 0.493 e. The van der Waals surface area contributed by atoms with Crippen molar-refractivity contribution in [3.05, 3.63) is 42.0 Å². The maximum Gasteiger partial charge on any atom is 0.250 e. The summed E-state index contributed by atoms with van der Waals surface area (Å²) in [5, 5.41) is 7.18. The summed E-state index contributed by atoms with van der Waals surface area (Å²) in [5.41, 5.74) is 1.51. The van der Waals surface area contributed by atoms with Gasteiger partial charge < -0.3 is 15.0 Å². The van der Waals surface area contributed by atoms with E-state index in [9.17, 15) is 9.59 Å². The van der Waals surface area contributed by atoms with Crippen molar-refractivity contribution in [1.82, 2.24) is 25.0 Å². The molecule has 1 fully saturated rings. The second-order valence-corrected chi connectivity index (χ2v) is 9.03. The second-order valence-electron chi connectivity index (χ2n) is 9.03. The summed E-state index contributed by atoms with van der Waals surface area (Å²) >= 11 is 0. The maximum atomic E-state index is 13.1. The van der Waals surface area contributed by atoms with Gasteiger partial charge >= 0.3 is 0 Å². The SMILES string of the molecule is CC(C)(C(=O)N1CCCC(CC(=O)NCc2ccc3c(c2)CCCO3)C1)n1cncn1. The van der Waals surface area contributed by atoms with Crippen LogP contribution >= 0.6 is 0 Å². The summed E-state index contributed by atoms with van der Waals surface area (Å²) in [6, 6.07) is 6.14. The average Bonchev–Trinajstić information content (AvgIpc) is 3.33. The summed E-state index contributed by atoms with van der Waals surface area (Å²) in [4.78, 5) is 31.5. The summed E-state index contributed by atoms with van der Waals surface area (Å²) in [6.45, 7) is 6.31. The van der Waals surface area contributed by atoms with Gasteiger partial charge in [0.1, 0.15) is 23.9 Å². The van der Waals surface area contributed by atoms with Crippen LogP contribution in [0.25, 0.3) is 0 Å². The van der Waals surface area contributed by atoms with Gasteiger partial charge in [-0.2, -0.15) is 5.10 Å². The molecule has 2 amide bonds. The van der Waals surface area contributed by atoms with Crippen molar-refractivity contribution in [1.29, 1.82) is 0 Å². The minimum absolute atomic E-state index is 0.0133. The van der Waals surface area contributed by atoms with Crippen molar-refractivity contribution in [3.8, 4) is 5.75 Å². The van der Waals surface area contributed by atoms with Crippen LogP contribution in [0.5, 0.6) is 5.75 Å². The Morgan fingerprint density at radius 1 is 1.29 bits per heavy atom. The molecule has 0 radical (unpaired) electrons. The Hall–Kier alpha value is -2.90. The predicted molar refractivity (Wildman–Crippen MR) is 115 cm³/mol. The molecule has 0 aliphatic carbocycles. The van der Waals surface area contributed by atoms with Gasteiger partial charge in [0.15, 0.2) is 0 Å². The van der Waals surface area contributed by atoms with E-state index in [0.717, 1.165) is 43.6 Å². The number of hydrogen-bond donors (Lipinski definition) is 1. The molecule has 2 aliphatic heterocycles. The lowest BCUT2D eigenvalue weighted by molar-refractivity contribution is -0.142. The molecule has 8 heteroatoms. The second kappa shape index (κ2) is 9.08. The van der Waals surface area contributed by atoms with E-state index in [2.05, 4.69) is 21.5 Å². The van der Waals surface area contributed by atoms with E-state index in [1.807, 2.05) is 30.9 Å². The van der Waals surface area contributed by atoms with Gasteiger partial charge in [-0.3, -0.25) is 9.59 Å². The zero-order chi connectivity index (χ0) is 21.8. The van der Waals surface area contributed by atoms with Crippen LogP contribution in [0.4, 0.5) is 0 Å². The Bertz CT molecular complexity index is 925. The van der Waals surface area contributed by atoms with Crippen LogP contribution in [0.2, 0.25) is 0 Å². The van der Waals surface area contributed by atoms with E-state index in [-0.39, 0.29) is 17.7 Å². The van der Waals surface area contributed by atoms with Crippen molar-refractivity contribution < 1.29 is 14.3 Å². The monoisotopic (exact) mass is 425 g/mol. The van der Waals surface area contributed by atoms with Crippen LogP contribution in [-0.4, -0.2) is 51.2 Å². The van der Waals surface area contributed by atoms with Gasteiger partial charge in [-0.05, 0) is 62.6 Å². The van der Waals surface area contributed by atoms with Gasteiger partial charge in [-0.25, -0.2) is 9.67 Å². The quantitative estimate of drug-likeness (QED) is 0.767. The smallest absolute Gasteiger partial charge is 0.250 e. The number of hydrogen-bond acceptors (Lipinski definition) is 5. The summed E-state index contributed by atoms with van der Waals surface area (Å²) < 4.78 is 7.25. The number of piperidine rings is 1. The molecule has 8 nitrogen and oxygen atoms in total. The fourth-order valence-corrected chi connectivity index (χ4v) is 4.46. The van der Waals surface area contributed by atoms with Crippen molar-refractivity contribution in [2.45, 2.75) is 58.0 Å². The molecule has 1 aromatic carbocycles. The number of carbonyl (C=O) groups is 2. The highest BCUT2D eigenvalue weighted by atomic mass is 16.5. The van der Waals surface area contributed by atoms with E-state index in [1.54, 1.807) is 11.0 Å². The number of amides is 2. The lowest BCUT2D eigenvalue weighted by Gasteiger charge is -2.37. The third-order valence-electron chi connectivity index (χ3n) is 6.26. The summed E-state index contributed by atoms with van der Waals surface area (Å²) in [6.07, 6.45) is 7.36. The minimum Gasteiger partial charge on any atom is -0.493 e. The molecule has 31 heavy (non-hydrogen) atoms. The Labute approximate surface area is 183 Å². The predicted octanol–water partition coefficient (Wildman–Crippen LogP) is 2.28. The number of ether oxygens (including phenoxy) is 1. The fourth-order valence-electron chi connectivity index (χ4n) is 4.46. The van der Waals surface area contributed by atoms with Crippen LogP contribution in [0.1, 0.15) is 50.7 Å². The van der Waals surface area contributed by atoms with Crippen LogP contribution in [-0.2, 0) is 28.1 Å². The first-order valence-electron chi connectivity index (χ1n) is 11.1. The maximum absolute atomic E-state index is 13.1. The van der Waals surface area contributed by atoms with Crippen LogP contribution in [0.15, 0.2) is 30.9 Å². The highest BCUT2D eigenvalue weighted by Crippen LogP contribution is 2.26. The molecule has 3 heterocycles. The molecule has 2 aromatic rings. The van der Waals surface area contributed by atoms with Gasteiger partial charge in [-0.1, -0.05) is 12.1 Å². The van der Waals surface area contributed by atoms with E-state index in [0.29, 0.717) is 26.1 Å². The van der Waals surface area contributed by atoms with Crippen molar-refractivity contribution >= 4 is 11.8 Å². The molecule has 1 unspecified atom stereocenters. The summed E-state index contributed by atoms with van der Waals surface area (Å²) in [5.74, 6) is 1.17. The molecule has 1 saturated heterocycles. The van der Waals surface area contributed by atoms with Gasteiger partial charge in [0.25, 0.3) is 0 Å². The molecule has 4 rings (SSSR count). The van der Waals surface area contributed by atoms with Gasteiger partial charge in [-0.15, -0.1) is 0 Å². The zero-order valence-electron chi connectivity index (χ0n) is 18.3. The molecule has 1 aromatic heterocycles. The van der Waals surface area contributed by atoms with Crippen LogP contribution < -0.4 is 10.1 Å². The number of fused-ring (bicyclic) bond motifs is 1. The Morgan fingerprint density at radius 3 is 2.97 bits per heavy atom. The highest BCUT2D eigenvalue weighted by molar-refractivity contribution is 5.84. The lowest BCUT2D eigenvalue weighted by Crippen LogP contribution is -2.51. The molecule has 0 saturated carbocycles. The topological polar surface area (TPSA) is 89.4 Å². The normalized spacial score (nSPS) is 18.8. The molecule has 1 N–H and O–H groups in total. The Balaban J connectivity index is 1.29. The summed E-state index contributed by atoms with van der Waals surface area (Å²) in [7, 11) is 0. The van der Waals surface area contributed by atoms with E-state index in [1.165, 1.54) is 11.9 Å². The van der Waals surface area contributed by atoms with E-state index < -0.39 is 5.54 Å². The molecule has 0 spiro atoms. The van der Waals surface area contributed by atoms with Crippen molar-refractivity contribution in [2.24, 2.45) is 5.92 Å². The first kappa shape index (κ1) is 21.3. The van der Waals surface area contributed by atoms with E-state index in [4.69, 9.17) is 4.74 Å². The minimum atomic E-state index is -0.795. The Morgan fingerprint density at radius 2 is 2.16 bits per heavy atom. The average molecular weight is 426 g/mol. The number of nitrogens with one attached hydrogen (secondary N) is 1. The number of aromatic nitrogens is 3. The molecular formula is C23H31N5O3. The molecule has 0 bridgehead atoms. The van der Waals surface area contributed by atoms with E-state index >= 15 is 0 Å². The molecule has 166 valence electrons. The van der Waals surface area contributed by atoms with Crippen LogP contribution in [0.3, 0.4) is 0 Å². The zero-order valence-corrected chi connectivity index (χ0v) is 18.3. The fraction of sp³-hybridized carbons (Fsp3) is 0.565. The number of nitrogens with zero attached hydrogens (tertiary/aromatic N) is 4. The molecule has 1 atom stereocenters. The number of likely N-dealkylation sites (tertiary alicyclic amines) is 1. The first-order chi connectivity index (χ1) is 14.9. The number of carbonyl (C=O) groups excluding carboxylic acids is 2. The van der Waals surface area contributed by atoms with Gasteiger partial charge in [0, 0.05) is 26.1 Å². The van der Waals surface area contributed by atoms with Gasteiger partial charge in [0.05, 0.1) is 6.61 Å². The first-order valence-corrected chi connectivity index (χ1v) is 11.1. The highest BCUT2D eigenvalue weighted by Gasteiger charge is 2.37. The third kappa shape index (κ3) is 4.89. The number of benzene rings is 1. The molecule has 2 aliphatic rings. The number of rotatable bonds is 6. The third-order valence-corrected chi connectivity index (χ3v) is 6.26. The van der Waals surface area contributed by atoms with Gasteiger partial charge in [0.2, 0.25) is 11.8 Å². The standard InChI is InChI=1S/C23H31N5O3/c1-23(2,28-16-24-15-26-28)22(30)27-9-3-5-18(14-27)12-21(29)25-13-17-7-8-20-19(11-17)6-4-10-31-20/h7-8,11,15-16,18H,3-6,9-10,12-14H2,1-2H3,(H,25,29). The van der Waals surface area contributed by atoms with Crippen molar-refractivity contribution in [2.75, 3.05) is 19.7 Å². The number of aryl methyl sites for hydroxylation is 1.